The third kappa shape index (κ3) is 4.03. The lowest BCUT2D eigenvalue weighted by molar-refractivity contribution is 0.284. The van der Waals surface area contributed by atoms with E-state index in [1.54, 1.807) is 0 Å². The summed E-state index contributed by atoms with van der Waals surface area (Å²) in [5.74, 6) is 0. The Bertz CT molecular complexity index is 410. The quantitative estimate of drug-likeness (QED) is 0.907. The van der Waals surface area contributed by atoms with Crippen molar-refractivity contribution in [2.75, 3.05) is 25.5 Å². The number of hydrogen-bond acceptors (Lipinski definition) is 3. The highest BCUT2D eigenvalue weighted by molar-refractivity contribution is 9.10. The van der Waals surface area contributed by atoms with Crippen LogP contribution >= 0.6 is 15.9 Å². The Kier molecular flexibility index (Phi) is 5.46. The van der Waals surface area contributed by atoms with E-state index in [2.05, 4.69) is 53.1 Å². The van der Waals surface area contributed by atoms with E-state index in [0.29, 0.717) is 11.6 Å². The zero-order chi connectivity index (χ0) is 12.8. The van der Waals surface area contributed by atoms with Crippen molar-refractivity contribution >= 4 is 21.6 Å². The standard InChI is InChI=1S/C13H18BrN3/c1-10(2)17(3)8-7-16-13-6-4-5-12(14)11(13)9-15/h4-6,10,16H,7-8H2,1-3H3. The van der Waals surface area contributed by atoms with Crippen molar-refractivity contribution in [1.82, 2.24) is 4.90 Å². The van der Waals surface area contributed by atoms with Crippen LogP contribution in [-0.4, -0.2) is 31.1 Å². The maximum Gasteiger partial charge on any atom is 0.103 e. The second kappa shape index (κ2) is 6.63. The van der Waals surface area contributed by atoms with Gasteiger partial charge in [-0.05, 0) is 49.0 Å². The van der Waals surface area contributed by atoms with Crippen molar-refractivity contribution in [3.8, 4) is 6.07 Å². The molecule has 3 nitrogen and oxygen atoms in total. The summed E-state index contributed by atoms with van der Waals surface area (Å²) < 4.78 is 0.835. The summed E-state index contributed by atoms with van der Waals surface area (Å²) in [6.45, 7) is 6.12. The van der Waals surface area contributed by atoms with Crippen LogP contribution in [0.1, 0.15) is 19.4 Å². The van der Waals surface area contributed by atoms with Crippen molar-refractivity contribution in [3.05, 3.63) is 28.2 Å². The van der Waals surface area contributed by atoms with Crippen LogP contribution in [0.5, 0.6) is 0 Å². The number of nitrogens with one attached hydrogen (secondary N) is 1. The summed E-state index contributed by atoms with van der Waals surface area (Å²) in [6.07, 6.45) is 0. The summed E-state index contributed by atoms with van der Waals surface area (Å²) in [4.78, 5) is 2.26. The van der Waals surface area contributed by atoms with Crippen molar-refractivity contribution in [3.63, 3.8) is 0 Å². The first-order valence-corrected chi connectivity index (χ1v) is 6.48. The van der Waals surface area contributed by atoms with Crippen molar-refractivity contribution in [2.45, 2.75) is 19.9 Å². The van der Waals surface area contributed by atoms with Gasteiger partial charge in [0.2, 0.25) is 0 Å². The first-order chi connectivity index (χ1) is 8.06. The fraction of sp³-hybridized carbons (Fsp3) is 0.462. The Morgan fingerprint density at radius 2 is 2.18 bits per heavy atom. The molecule has 0 radical (unpaired) electrons. The second-order valence-electron chi connectivity index (χ2n) is 4.28. The maximum atomic E-state index is 9.07. The highest BCUT2D eigenvalue weighted by Crippen LogP contribution is 2.23. The minimum absolute atomic E-state index is 0.537. The molecule has 17 heavy (non-hydrogen) atoms. The summed E-state index contributed by atoms with van der Waals surface area (Å²) in [6, 6.07) is 8.48. The number of hydrogen-bond donors (Lipinski definition) is 1. The van der Waals surface area contributed by atoms with Crippen molar-refractivity contribution in [1.29, 1.82) is 5.26 Å². The fourth-order valence-corrected chi connectivity index (χ4v) is 1.87. The second-order valence-corrected chi connectivity index (χ2v) is 5.13. The van der Waals surface area contributed by atoms with E-state index in [0.717, 1.165) is 23.2 Å². The van der Waals surface area contributed by atoms with Gasteiger partial charge < -0.3 is 10.2 Å². The Morgan fingerprint density at radius 3 is 2.76 bits per heavy atom. The predicted octanol–water partition coefficient (Wildman–Crippen LogP) is 3.07. The van der Waals surface area contributed by atoms with Gasteiger partial charge in [0.25, 0.3) is 0 Å². The molecule has 1 rings (SSSR count). The number of benzene rings is 1. The zero-order valence-corrected chi connectivity index (χ0v) is 12.1. The van der Waals surface area contributed by atoms with Crippen LogP contribution < -0.4 is 5.32 Å². The van der Waals surface area contributed by atoms with Crippen LogP contribution in [0.3, 0.4) is 0 Å². The first kappa shape index (κ1) is 14.0. The number of nitrogens with zero attached hydrogens (tertiary/aromatic N) is 2. The van der Waals surface area contributed by atoms with Gasteiger partial charge in [-0.1, -0.05) is 6.07 Å². The molecule has 0 atom stereocenters. The van der Waals surface area contributed by atoms with Gasteiger partial charge in [0.1, 0.15) is 6.07 Å². The minimum atomic E-state index is 0.537. The van der Waals surface area contributed by atoms with E-state index in [-0.39, 0.29) is 0 Å². The monoisotopic (exact) mass is 295 g/mol. The first-order valence-electron chi connectivity index (χ1n) is 5.69. The molecule has 0 aromatic heterocycles. The minimum Gasteiger partial charge on any atom is -0.383 e. The van der Waals surface area contributed by atoms with Gasteiger partial charge in [-0.15, -0.1) is 0 Å². The highest BCUT2D eigenvalue weighted by Gasteiger charge is 2.06. The summed E-state index contributed by atoms with van der Waals surface area (Å²) in [5, 5.41) is 12.4. The SMILES string of the molecule is CC(C)N(C)CCNc1cccc(Br)c1C#N. The van der Waals surface area contributed by atoms with Crippen LogP contribution in [0.15, 0.2) is 22.7 Å². The lowest BCUT2D eigenvalue weighted by atomic mass is 10.2. The highest BCUT2D eigenvalue weighted by atomic mass is 79.9. The van der Waals surface area contributed by atoms with Gasteiger partial charge in [-0.2, -0.15) is 5.26 Å². The molecular formula is C13H18BrN3. The van der Waals surface area contributed by atoms with Crippen LogP contribution in [0.2, 0.25) is 0 Å². The van der Waals surface area contributed by atoms with Crippen LogP contribution in [0.4, 0.5) is 5.69 Å². The van der Waals surface area contributed by atoms with E-state index in [4.69, 9.17) is 5.26 Å². The molecule has 0 fully saturated rings. The molecular weight excluding hydrogens is 278 g/mol. The zero-order valence-electron chi connectivity index (χ0n) is 10.5. The average molecular weight is 296 g/mol. The van der Waals surface area contributed by atoms with Gasteiger partial charge in [0.05, 0.1) is 11.3 Å². The molecule has 92 valence electrons. The largest absolute Gasteiger partial charge is 0.383 e. The number of anilines is 1. The average Bonchev–Trinajstić information content (AvgIpc) is 2.29. The molecule has 1 aromatic rings. The Balaban J connectivity index is 2.59. The molecule has 0 aliphatic heterocycles. The Labute approximate surface area is 112 Å². The number of halogens is 1. The molecule has 0 saturated carbocycles. The van der Waals surface area contributed by atoms with Crippen LogP contribution in [0.25, 0.3) is 0 Å². The van der Waals surface area contributed by atoms with Crippen LogP contribution in [0, 0.1) is 11.3 Å². The smallest absolute Gasteiger partial charge is 0.103 e. The molecule has 0 amide bonds. The molecule has 0 aliphatic rings. The topological polar surface area (TPSA) is 39.1 Å². The van der Waals surface area contributed by atoms with Gasteiger partial charge >= 0.3 is 0 Å². The third-order valence-electron chi connectivity index (χ3n) is 2.79. The van der Waals surface area contributed by atoms with E-state index in [9.17, 15) is 0 Å². The van der Waals surface area contributed by atoms with Crippen molar-refractivity contribution in [2.24, 2.45) is 0 Å². The van der Waals surface area contributed by atoms with E-state index in [1.807, 2.05) is 18.2 Å². The molecule has 0 spiro atoms. The normalized spacial score (nSPS) is 10.6. The molecule has 0 saturated heterocycles. The number of rotatable bonds is 5. The molecule has 4 heteroatoms. The molecule has 0 unspecified atom stereocenters. The lowest BCUT2D eigenvalue weighted by Gasteiger charge is -2.21. The number of likely N-dealkylation sites (N-methyl/N-ethyl adjacent to an activating group) is 1. The molecule has 0 bridgehead atoms. The lowest BCUT2D eigenvalue weighted by Crippen LogP contribution is -2.31. The fourth-order valence-electron chi connectivity index (χ4n) is 1.41. The number of nitriles is 1. The van der Waals surface area contributed by atoms with Crippen LogP contribution in [-0.2, 0) is 0 Å². The van der Waals surface area contributed by atoms with Crippen molar-refractivity contribution < 1.29 is 0 Å². The summed E-state index contributed by atoms with van der Waals surface area (Å²) >= 11 is 3.38. The maximum absolute atomic E-state index is 9.07. The molecule has 0 aliphatic carbocycles. The van der Waals surface area contributed by atoms with Gasteiger partial charge in [-0.3, -0.25) is 0 Å². The van der Waals surface area contributed by atoms with Gasteiger partial charge in [-0.25, -0.2) is 0 Å². The molecule has 1 N–H and O–H groups in total. The Morgan fingerprint density at radius 1 is 1.47 bits per heavy atom. The predicted molar refractivity (Wildman–Crippen MR) is 75.1 cm³/mol. The summed E-state index contributed by atoms with van der Waals surface area (Å²) in [7, 11) is 2.10. The van der Waals surface area contributed by atoms with E-state index < -0.39 is 0 Å². The van der Waals surface area contributed by atoms with E-state index >= 15 is 0 Å². The van der Waals surface area contributed by atoms with Gasteiger partial charge in [0, 0.05) is 23.6 Å². The summed E-state index contributed by atoms with van der Waals surface area (Å²) in [5.41, 5.74) is 1.55. The molecule has 0 heterocycles. The van der Waals surface area contributed by atoms with Gasteiger partial charge in [0.15, 0.2) is 0 Å². The Hall–Kier alpha value is -1.05. The van der Waals surface area contributed by atoms with E-state index in [1.165, 1.54) is 0 Å². The third-order valence-corrected chi connectivity index (χ3v) is 3.45. The molecule has 1 aromatic carbocycles.